The lowest BCUT2D eigenvalue weighted by Crippen LogP contribution is -2.03. The minimum atomic E-state index is -0.584. The molecule has 2 rings (SSSR count). The Labute approximate surface area is 101 Å². The van der Waals surface area contributed by atoms with Gasteiger partial charge < -0.3 is 14.3 Å². The third-order valence-electron chi connectivity index (χ3n) is 2.66. The number of hydrogen-bond acceptors (Lipinski definition) is 3. The SMILES string of the molecule is CCCOCCC(O)c1cc2ccccc2o1. The molecule has 2 aromatic rings. The van der Waals surface area contributed by atoms with Crippen LogP contribution in [0.3, 0.4) is 0 Å². The van der Waals surface area contributed by atoms with Gasteiger partial charge in [-0.05, 0) is 18.6 Å². The lowest BCUT2D eigenvalue weighted by Gasteiger charge is -2.07. The molecule has 0 fully saturated rings. The van der Waals surface area contributed by atoms with Crippen molar-refractivity contribution in [2.24, 2.45) is 0 Å². The first-order valence-corrected chi connectivity index (χ1v) is 6.05. The molecule has 1 aromatic carbocycles. The summed E-state index contributed by atoms with van der Waals surface area (Å²) in [6.45, 7) is 3.37. The summed E-state index contributed by atoms with van der Waals surface area (Å²) in [4.78, 5) is 0. The zero-order chi connectivity index (χ0) is 12.1. The van der Waals surface area contributed by atoms with Crippen LogP contribution in [0.2, 0.25) is 0 Å². The van der Waals surface area contributed by atoms with Gasteiger partial charge in [0.25, 0.3) is 0 Å². The van der Waals surface area contributed by atoms with E-state index in [4.69, 9.17) is 9.15 Å². The molecule has 1 heterocycles. The summed E-state index contributed by atoms with van der Waals surface area (Å²) in [7, 11) is 0. The van der Waals surface area contributed by atoms with E-state index in [2.05, 4.69) is 6.92 Å². The topological polar surface area (TPSA) is 42.6 Å². The van der Waals surface area contributed by atoms with Crippen LogP contribution in [0.5, 0.6) is 0 Å². The van der Waals surface area contributed by atoms with Gasteiger partial charge in [0.1, 0.15) is 17.4 Å². The van der Waals surface area contributed by atoms with Crippen LogP contribution in [0.1, 0.15) is 31.6 Å². The minimum Gasteiger partial charge on any atom is -0.458 e. The summed E-state index contributed by atoms with van der Waals surface area (Å²) in [6, 6.07) is 9.65. The average Bonchev–Trinajstić information content (AvgIpc) is 2.78. The van der Waals surface area contributed by atoms with E-state index in [1.165, 1.54) is 0 Å². The first-order valence-electron chi connectivity index (χ1n) is 6.05. The summed E-state index contributed by atoms with van der Waals surface area (Å²) in [5.74, 6) is 0.617. The molecule has 0 aliphatic carbocycles. The normalized spacial score (nSPS) is 13.1. The Morgan fingerprint density at radius 3 is 2.88 bits per heavy atom. The van der Waals surface area contributed by atoms with Gasteiger partial charge in [-0.3, -0.25) is 0 Å². The van der Waals surface area contributed by atoms with E-state index in [1.807, 2.05) is 30.3 Å². The predicted molar refractivity (Wildman–Crippen MR) is 66.9 cm³/mol. The first kappa shape index (κ1) is 12.1. The van der Waals surface area contributed by atoms with Crippen LogP contribution in [-0.4, -0.2) is 18.3 Å². The van der Waals surface area contributed by atoms with Crippen molar-refractivity contribution >= 4 is 11.0 Å². The summed E-state index contributed by atoms with van der Waals surface area (Å²) < 4.78 is 10.9. The molecule has 0 amide bonds. The van der Waals surface area contributed by atoms with E-state index >= 15 is 0 Å². The molecule has 1 unspecified atom stereocenters. The second-order valence-electron chi connectivity index (χ2n) is 4.10. The summed E-state index contributed by atoms with van der Waals surface area (Å²) in [5, 5.41) is 11.0. The molecule has 0 saturated heterocycles. The van der Waals surface area contributed by atoms with E-state index in [9.17, 15) is 5.11 Å². The molecular weight excluding hydrogens is 216 g/mol. The Morgan fingerprint density at radius 2 is 2.12 bits per heavy atom. The van der Waals surface area contributed by atoms with Crippen molar-refractivity contribution in [2.75, 3.05) is 13.2 Å². The van der Waals surface area contributed by atoms with Gasteiger partial charge in [-0.25, -0.2) is 0 Å². The average molecular weight is 234 g/mol. The maximum Gasteiger partial charge on any atom is 0.134 e. The maximum absolute atomic E-state index is 9.95. The van der Waals surface area contributed by atoms with Gasteiger partial charge in [-0.15, -0.1) is 0 Å². The third-order valence-corrected chi connectivity index (χ3v) is 2.66. The van der Waals surface area contributed by atoms with Gasteiger partial charge in [0.2, 0.25) is 0 Å². The number of furan rings is 1. The van der Waals surface area contributed by atoms with Crippen LogP contribution in [0.15, 0.2) is 34.7 Å². The van der Waals surface area contributed by atoms with E-state index in [1.54, 1.807) is 0 Å². The summed E-state index contributed by atoms with van der Waals surface area (Å²) >= 11 is 0. The molecule has 17 heavy (non-hydrogen) atoms. The number of ether oxygens (including phenoxy) is 1. The highest BCUT2D eigenvalue weighted by molar-refractivity contribution is 5.77. The highest BCUT2D eigenvalue weighted by atomic mass is 16.5. The molecule has 0 saturated carbocycles. The van der Waals surface area contributed by atoms with E-state index in [0.717, 1.165) is 24.0 Å². The second kappa shape index (κ2) is 5.84. The molecule has 3 heteroatoms. The largest absolute Gasteiger partial charge is 0.458 e. The van der Waals surface area contributed by atoms with Gasteiger partial charge in [-0.2, -0.15) is 0 Å². The van der Waals surface area contributed by atoms with Crippen molar-refractivity contribution in [1.29, 1.82) is 0 Å². The molecule has 0 aliphatic heterocycles. The van der Waals surface area contributed by atoms with Gasteiger partial charge >= 0.3 is 0 Å². The Morgan fingerprint density at radius 1 is 1.29 bits per heavy atom. The number of benzene rings is 1. The fourth-order valence-corrected chi connectivity index (χ4v) is 1.75. The molecule has 92 valence electrons. The number of rotatable bonds is 6. The smallest absolute Gasteiger partial charge is 0.134 e. The van der Waals surface area contributed by atoms with Crippen LogP contribution >= 0.6 is 0 Å². The number of hydrogen-bond donors (Lipinski definition) is 1. The van der Waals surface area contributed by atoms with Crippen molar-refractivity contribution in [3.63, 3.8) is 0 Å². The van der Waals surface area contributed by atoms with E-state index < -0.39 is 6.10 Å². The van der Waals surface area contributed by atoms with Gasteiger partial charge in [0.15, 0.2) is 0 Å². The fourth-order valence-electron chi connectivity index (χ4n) is 1.75. The highest BCUT2D eigenvalue weighted by Gasteiger charge is 2.12. The fraction of sp³-hybridized carbons (Fsp3) is 0.429. The Hall–Kier alpha value is -1.32. The van der Waals surface area contributed by atoms with Crippen LogP contribution in [0.4, 0.5) is 0 Å². The molecule has 0 spiro atoms. The van der Waals surface area contributed by atoms with Crippen LogP contribution < -0.4 is 0 Å². The van der Waals surface area contributed by atoms with E-state index in [0.29, 0.717) is 18.8 Å². The van der Waals surface area contributed by atoms with Crippen molar-refractivity contribution in [3.8, 4) is 0 Å². The molecule has 0 bridgehead atoms. The van der Waals surface area contributed by atoms with E-state index in [-0.39, 0.29) is 0 Å². The zero-order valence-electron chi connectivity index (χ0n) is 10.1. The third kappa shape index (κ3) is 3.08. The molecule has 1 atom stereocenters. The maximum atomic E-state index is 9.95. The predicted octanol–water partition coefficient (Wildman–Crippen LogP) is 3.28. The first-order chi connectivity index (χ1) is 8.31. The second-order valence-corrected chi connectivity index (χ2v) is 4.10. The Kier molecular flexibility index (Phi) is 4.18. The number of aliphatic hydroxyl groups excluding tert-OH is 1. The Bertz CT molecular complexity index is 428. The molecular formula is C14H18O3. The van der Waals surface area contributed by atoms with Gasteiger partial charge in [0.05, 0.1) is 0 Å². The quantitative estimate of drug-likeness (QED) is 0.780. The molecule has 3 nitrogen and oxygen atoms in total. The highest BCUT2D eigenvalue weighted by Crippen LogP contribution is 2.25. The monoisotopic (exact) mass is 234 g/mol. The van der Waals surface area contributed by atoms with Crippen LogP contribution in [0, 0.1) is 0 Å². The van der Waals surface area contributed by atoms with Crippen LogP contribution in [0.25, 0.3) is 11.0 Å². The van der Waals surface area contributed by atoms with Crippen molar-refractivity contribution < 1.29 is 14.3 Å². The standard InChI is InChI=1S/C14H18O3/c1-2-8-16-9-7-12(15)14-10-11-5-3-4-6-13(11)17-14/h3-6,10,12,15H,2,7-9H2,1H3. The lowest BCUT2D eigenvalue weighted by molar-refractivity contribution is 0.0727. The number of aliphatic hydroxyl groups is 1. The van der Waals surface area contributed by atoms with Crippen molar-refractivity contribution in [3.05, 3.63) is 36.1 Å². The number of fused-ring (bicyclic) bond motifs is 1. The number of para-hydroxylation sites is 1. The molecule has 0 radical (unpaired) electrons. The molecule has 1 N–H and O–H groups in total. The molecule has 1 aromatic heterocycles. The van der Waals surface area contributed by atoms with Crippen molar-refractivity contribution in [1.82, 2.24) is 0 Å². The summed E-state index contributed by atoms with van der Waals surface area (Å²) in [6.07, 6.45) is 0.986. The summed E-state index contributed by atoms with van der Waals surface area (Å²) in [5.41, 5.74) is 0.816. The van der Waals surface area contributed by atoms with Crippen LogP contribution in [-0.2, 0) is 4.74 Å². The van der Waals surface area contributed by atoms with Gasteiger partial charge in [0, 0.05) is 25.0 Å². The molecule has 0 aliphatic rings. The lowest BCUT2D eigenvalue weighted by atomic mass is 10.2. The zero-order valence-corrected chi connectivity index (χ0v) is 10.1. The van der Waals surface area contributed by atoms with Gasteiger partial charge in [-0.1, -0.05) is 25.1 Å². The minimum absolute atomic E-state index is 0.562. The Balaban J connectivity index is 1.96. The van der Waals surface area contributed by atoms with Crippen molar-refractivity contribution in [2.45, 2.75) is 25.9 Å².